The Kier molecular flexibility index (Phi) is 7.53. The molecule has 0 spiro atoms. The van der Waals surface area contributed by atoms with E-state index < -0.39 is 0 Å². The average molecular weight is 334 g/mol. The molecule has 0 aliphatic carbocycles. The summed E-state index contributed by atoms with van der Waals surface area (Å²) in [5.41, 5.74) is 1.70. The number of likely N-dealkylation sites (tertiary alicyclic amines) is 1. The number of aryl methyl sites for hydroxylation is 1. The zero-order valence-electron chi connectivity index (χ0n) is 15.1. The molecule has 134 valence electrons. The first-order valence-electron chi connectivity index (χ1n) is 8.87. The highest BCUT2D eigenvalue weighted by molar-refractivity contribution is 5.94. The minimum Gasteiger partial charge on any atom is -0.494 e. The van der Waals surface area contributed by atoms with Gasteiger partial charge in [-0.15, -0.1) is 0 Å². The minimum atomic E-state index is 0.00274. The van der Waals surface area contributed by atoms with Gasteiger partial charge in [-0.1, -0.05) is 0 Å². The van der Waals surface area contributed by atoms with Gasteiger partial charge in [0.2, 0.25) is 0 Å². The Morgan fingerprint density at radius 2 is 2.08 bits per heavy atom. The van der Waals surface area contributed by atoms with Crippen LogP contribution in [0.3, 0.4) is 0 Å². The molecular formula is C19H30N2O3. The highest BCUT2D eigenvalue weighted by Gasteiger charge is 2.19. The molecular weight excluding hydrogens is 304 g/mol. The van der Waals surface area contributed by atoms with Gasteiger partial charge in [0.25, 0.3) is 5.91 Å². The van der Waals surface area contributed by atoms with Crippen LogP contribution < -0.4 is 10.1 Å². The van der Waals surface area contributed by atoms with E-state index >= 15 is 0 Å². The summed E-state index contributed by atoms with van der Waals surface area (Å²) in [6, 6.07) is 5.61. The largest absolute Gasteiger partial charge is 0.494 e. The van der Waals surface area contributed by atoms with Crippen LogP contribution >= 0.6 is 0 Å². The van der Waals surface area contributed by atoms with Gasteiger partial charge in [-0.3, -0.25) is 4.79 Å². The van der Waals surface area contributed by atoms with Crippen molar-refractivity contribution < 1.29 is 14.3 Å². The number of piperidine rings is 1. The monoisotopic (exact) mass is 334 g/mol. The Labute approximate surface area is 145 Å². The van der Waals surface area contributed by atoms with E-state index in [-0.39, 0.29) is 5.91 Å². The molecule has 0 radical (unpaired) electrons. The maximum atomic E-state index is 12.3. The van der Waals surface area contributed by atoms with Crippen LogP contribution in [-0.4, -0.2) is 57.3 Å². The Morgan fingerprint density at radius 1 is 1.33 bits per heavy atom. The summed E-state index contributed by atoms with van der Waals surface area (Å²) < 4.78 is 10.6. The Balaban J connectivity index is 1.76. The van der Waals surface area contributed by atoms with E-state index in [1.165, 1.54) is 0 Å². The number of benzene rings is 1. The summed E-state index contributed by atoms with van der Waals surface area (Å²) in [5, 5.41) is 3.08. The third kappa shape index (κ3) is 5.49. The maximum absolute atomic E-state index is 12.3. The van der Waals surface area contributed by atoms with Crippen molar-refractivity contribution in [2.45, 2.75) is 26.7 Å². The maximum Gasteiger partial charge on any atom is 0.251 e. The molecule has 1 aliphatic heterocycles. The molecule has 5 nitrogen and oxygen atoms in total. The van der Waals surface area contributed by atoms with Crippen molar-refractivity contribution in [1.82, 2.24) is 10.2 Å². The highest BCUT2D eigenvalue weighted by atomic mass is 16.5. The van der Waals surface area contributed by atoms with Crippen LogP contribution in [0.5, 0.6) is 5.75 Å². The third-order valence-electron chi connectivity index (χ3n) is 4.61. The number of nitrogens with zero attached hydrogens (tertiary/aromatic N) is 1. The van der Waals surface area contributed by atoms with E-state index in [0.29, 0.717) is 18.1 Å². The van der Waals surface area contributed by atoms with E-state index in [4.69, 9.17) is 9.47 Å². The summed E-state index contributed by atoms with van der Waals surface area (Å²) in [5.74, 6) is 1.41. The Morgan fingerprint density at radius 3 is 2.71 bits per heavy atom. The first-order valence-corrected chi connectivity index (χ1v) is 8.87. The van der Waals surface area contributed by atoms with Gasteiger partial charge in [-0.05, 0) is 69.5 Å². The number of hydrogen-bond donors (Lipinski definition) is 1. The van der Waals surface area contributed by atoms with Gasteiger partial charge >= 0.3 is 0 Å². The van der Waals surface area contributed by atoms with E-state index in [1.54, 1.807) is 7.11 Å². The molecule has 1 fully saturated rings. The number of carbonyl (C=O) groups is 1. The van der Waals surface area contributed by atoms with Crippen LogP contribution in [0, 0.1) is 12.8 Å². The van der Waals surface area contributed by atoms with Crippen molar-refractivity contribution in [1.29, 1.82) is 0 Å². The number of carbonyl (C=O) groups excluding carboxylic acids is 1. The van der Waals surface area contributed by atoms with Gasteiger partial charge in [-0.2, -0.15) is 0 Å². The Hall–Kier alpha value is -1.59. The first kappa shape index (κ1) is 18.7. The first-order chi connectivity index (χ1) is 11.6. The van der Waals surface area contributed by atoms with E-state index in [9.17, 15) is 4.79 Å². The molecule has 0 unspecified atom stereocenters. The second-order valence-corrected chi connectivity index (χ2v) is 6.40. The molecule has 1 aliphatic rings. The fourth-order valence-electron chi connectivity index (χ4n) is 3.08. The molecule has 0 bridgehead atoms. The standard InChI is InChI=1S/C19H30N2O3/c1-4-24-18-6-5-17(13-15(18)2)19(22)20-14-16-7-9-21(10-8-16)11-12-23-3/h5-6,13,16H,4,7-12,14H2,1-3H3,(H,20,22). The van der Waals surface area contributed by atoms with Crippen LogP contribution in [0.15, 0.2) is 18.2 Å². The van der Waals surface area contributed by atoms with Crippen molar-refractivity contribution in [3.8, 4) is 5.75 Å². The number of amides is 1. The number of hydrogen-bond acceptors (Lipinski definition) is 4. The second-order valence-electron chi connectivity index (χ2n) is 6.40. The van der Waals surface area contributed by atoms with Crippen LogP contribution in [-0.2, 0) is 4.74 Å². The van der Waals surface area contributed by atoms with Crippen LogP contribution in [0.2, 0.25) is 0 Å². The molecule has 1 aromatic carbocycles. The lowest BCUT2D eigenvalue weighted by Gasteiger charge is -2.31. The quantitative estimate of drug-likeness (QED) is 0.793. The SMILES string of the molecule is CCOc1ccc(C(=O)NCC2CCN(CCOC)CC2)cc1C. The fourth-order valence-corrected chi connectivity index (χ4v) is 3.08. The summed E-state index contributed by atoms with van der Waals surface area (Å²) in [6.45, 7) is 9.29. The topological polar surface area (TPSA) is 50.8 Å². The smallest absolute Gasteiger partial charge is 0.251 e. The van der Waals surface area contributed by atoms with Gasteiger partial charge in [0.1, 0.15) is 5.75 Å². The molecule has 1 amide bonds. The van der Waals surface area contributed by atoms with Gasteiger partial charge in [0.15, 0.2) is 0 Å². The number of ether oxygens (including phenoxy) is 2. The highest BCUT2D eigenvalue weighted by Crippen LogP contribution is 2.20. The van der Waals surface area contributed by atoms with Gasteiger partial charge in [-0.25, -0.2) is 0 Å². The Bertz CT molecular complexity index is 525. The number of rotatable bonds is 8. The van der Waals surface area contributed by atoms with Crippen molar-refractivity contribution >= 4 is 5.91 Å². The summed E-state index contributed by atoms with van der Waals surface area (Å²) >= 11 is 0. The molecule has 1 saturated heterocycles. The molecule has 5 heteroatoms. The summed E-state index contributed by atoms with van der Waals surface area (Å²) in [6.07, 6.45) is 2.26. The fraction of sp³-hybridized carbons (Fsp3) is 0.632. The van der Waals surface area contributed by atoms with Crippen molar-refractivity contribution in [2.75, 3.05) is 46.5 Å². The van der Waals surface area contributed by atoms with Gasteiger partial charge in [0.05, 0.1) is 13.2 Å². The van der Waals surface area contributed by atoms with Crippen LogP contribution in [0.25, 0.3) is 0 Å². The van der Waals surface area contributed by atoms with Gasteiger partial charge < -0.3 is 19.7 Å². The second kappa shape index (κ2) is 9.64. The third-order valence-corrected chi connectivity index (χ3v) is 4.61. The molecule has 24 heavy (non-hydrogen) atoms. The van der Waals surface area contributed by atoms with Crippen LogP contribution in [0.4, 0.5) is 0 Å². The van der Waals surface area contributed by atoms with Crippen LogP contribution in [0.1, 0.15) is 35.7 Å². The zero-order chi connectivity index (χ0) is 17.4. The molecule has 0 atom stereocenters. The van der Waals surface area contributed by atoms with E-state index in [2.05, 4.69) is 10.2 Å². The number of nitrogens with one attached hydrogen (secondary N) is 1. The van der Waals surface area contributed by atoms with Crippen molar-refractivity contribution in [3.63, 3.8) is 0 Å². The molecule has 0 saturated carbocycles. The van der Waals surface area contributed by atoms with Gasteiger partial charge in [0, 0.05) is 25.8 Å². The lowest BCUT2D eigenvalue weighted by Crippen LogP contribution is -2.39. The molecule has 2 rings (SSSR count). The van der Waals surface area contributed by atoms with Crippen molar-refractivity contribution in [2.24, 2.45) is 5.92 Å². The summed E-state index contributed by atoms with van der Waals surface area (Å²) in [7, 11) is 1.74. The van der Waals surface area contributed by atoms with E-state index in [1.807, 2.05) is 32.0 Å². The van der Waals surface area contributed by atoms with E-state index in [0.717, 1.165) is 56.9 Å². The minimum absolute atomic E-state index is 0.00274. The normalized spacial score (nSPS) is 16.1. The molecule has 0 aromatic heterocycles. The average Bonchev–Trinajstić information content (AvgIpc) is 2.60. The predicted molar refractivity (Wildman–Crippen MR) is 95.7 cm³/mol. The number of methoxy groups -OCH3 is 1. The zero-order valence-corrected chi connectivity index (χ0v) is 15.1. The molecule has 1 aromatic rings. The lowest BCUT2D eigenvalue weighted by molar-refractivity contribution is 0.0926. The molecule has 1 heterocycles. The predicted octanol–water partition coefficient (Wildman–Crippen LogP) is 2.48. The van der Waals surface area contributed by atoms with Crippen molar-refractivity contribution in [3.05, 3.63) is 29.3 Å². The lowest BCUT2D eigenvalue weighted by atomic mass is 9.96. The molecule has 1 N–H and O–H groups in total. The summed E-state index contributed by atoms with van der Waals surface area (Å²) in [4.78, 5) is 14.8.